The minimum Gasteiger partial charge on any atom is -0.469 e. The van der Waals surface area contributed by atoms with Crippen LogP contribution in [-0.4, -0.2) is 19.6 Å². The van der Waals surface area contributed by atoms with Crippen LogP contribution < -0.4 is 5.32 Å². The Labute approximate surface area is 93.4 Å². The molecule has 4 heteroatoms. The van der Waals surface area contributed by atoms with Crippen molar-refractivity contribution in [2.24, 2.45) is 5.92 Å². The standard InChI is InChI=1S/C11H12ClNO2/c1-15-11(14)9-6-13-10(9)7-3-2-4-8(12)5-7/h2-5,9-10,13H,6H2,1H3. The van der Waals surface area contributed by atoms with E-state index in [2.05, 4.69) is 5.32 Å². The second-order valence-electron chi connectivity index (χ2n) is 3.57. The summed E-state index contributed by atoms with van der Waals surface area (Å²) < 4.78 is 4.72. The van der Waals surface area contributed by atoms with Crippen molar-refractivity contribution in [2.75, 3.05) is 13.7 Å². The topological polar surface area (TPSA) is 38.3 Å². The molecule has 1 aromatic carbocycles. The zero-order valence-electron chi connectivity index (χ0n) is 8.37. The zero-order chi connectivity index (χ0) is 10.8. The first-order valence-corrected chi connectivity index (χ1v) is 5.17. The number of hydrogen-bond acceptors (Lipinski definition) is 3. The van der Waals surface area contributed by atoms with Gasteiger partial charge in [0.1, 0.15) is 0 Å². The van der Waals surface area contributed by atoms with Gasteiger partial charge in [0.15, 0.2) is 0 Å². The summed E-state index contributed by atoms with van der Waals surface area (Å²) in [5.41, 5.74) is 1.03. The molecule has 80 valence electrons. The van der Waals surface area contributed by atoms with Crippen LogP contribution in [0.1, 0.15) is 11.6 Å². The van der Waals surface area contributed by atoms with Gasteiger partial charge in [0.2, 0.25) is 0 Å². The molecule has 0 saturated carbocycles. The van der Waals surface area contributed by atoms with Crippen LogP contribution in [0.4, 0.5) is 0 Å². The molecule has 1 fully saturated rings. The lowest BCUT2D eigenvalue weighted by atomic mass is 9.86. The molecular formula is C11H12ClNO2. The third kappa shape index (κ3) is 1.98. The molecule has 2 rings (SSSR count). The van der Waals surface area contributed by atoms with Crippen molar-refractivity contribution in [2.45, 2.75) is 6.04 Å². The van der Waals surface area contributed by atoms with Gasteiger partial charge in [0.25, 0.3) is 0 Å². The first-order chi connectivity index (χ1) is 7.22. The van der Waals surface area contributed by atoms with E-state index in [0.717, 1.165) is 5.56 Å². The summed E-state index contributed by atoms with van der Waals surface area (Å²) >= 11 is 5.89. The predicted octanol–water partition coefficient (Wildman–Crippen LogP) is 1.77. The molecular weight excluding hydrogens is 214 g/mol. The van der Waals surface area contributed by atoms with Gasteiger partial charge in [-0.25, -0.2) is 0 Å². The quantitative estimate of drug-likeness (QED) is 0.780. The molecule has 1 aromatic rings. The summed E-state index contributed by atoms with van der Waals surface area (Å²) in [5.74, 6) is -0.257. The average Bonchev–Trinajstić information content (AvgIpc) is 2.16. The fourth-order valence-electron chi connectivity index (χ4n) is 1.77. The maximum Gasteiger partial charge on any atom is 0.311 e. The molecule has 1 aliphatic rings. The molecule has 1 N–H and O–H groups in total. The van der Waals surface area contributed by atoms with E-state index < -0.39 is 0 Å². The molecule has 0 spiro atoms. The highest BCUT2D eigenvalue weighted by molar-refractivity contribution is 6.30. The van der Waals surface area contributed by atoms with Gasteiger partial charge in [-0.1, -0.05) is 23.7 Å². The number of benzene rings is 1. The fraction of sp³-hybridized carbons (Fsp3) is 0.364. The zero-order valence-corrected chi connectivity index (χ0v) is 9.12. The first-order valence-electron chi connectivity index (χ1n) is 4.79. The van der Waals surface area contributed by atoms with Crippen molar-refractivity contribution in [3.8, 4) is 0 Å². The fourth-order valence-corrected chi connectivity index (χ4v) is 1.97. The van der Waals surface area contributed by atoms with E-state index in [9.17, 15) is 4.79 Å². The molecule has 3 nitrogen and oxygen atoms in total. The highest BCUT2D eigenvalue weighted by Gasteiger charge is 2.37. The molecule has 2 atom stereocenters. The van der Waals surface area contributed by atoms with Crippen molar-refractivity contribution >= 4 is 17.6 Å². The first kappa shape index (κ1) is 10.5. The van der Waals surface area contributed by atoms with Crippen molar-refractivity contribution in [3.63, 3.8) is 0 Å². The van der Waals surface area contributed by atoms with Crippen molar-refractivity contribution in [1.82, 2.24) is 5.32 Å². The van der Waals surface area contributed by atoms with E-state index >= 15 is 0 Å². The number of nitrogens with one attached hydrogen (secondary N) is 1. The number of rotatable bonds is 2. The van der Waals surface area contributed by atoms with E-state index in [-0.39, 0.29) is 17.9 Å². The van der Waals surface area contributed by atoms with Gasteiger partial charge in [-0.15, -0.1) is 0 Å². The molecule has 1 heterocycles. The monoisotopic (exact) mass is 225 g/mol. The normalized spacial score (nSPS) is 24.4. The Morgan fingerprint density at radius 1 is 1.60 bits per heavy atom. The van der Waals surface area contributed by atoms with Gasteiger partial charge in [-0.3, -0.25) is 4.79 Å². The van der Waals surface area contributed by atoms with Crippen molar-refractivity contribution in [3.05, 3.63) is 34.9 Å². The number of carbonyl (C=O) groups is 1. The van der Waals surface area contributed by atoms with Crippen LogP contribution >= 0.6 is 11.6 Å². The van der Waals surface area contributed by atoms with E-state index in [1.807, 2.05) is 24.3 Å². The SMILES string of the molecule is COC(=O)C1CNC1c1cccc(Cl)c1. The Hall–Kier alpha value is -1.06. The lowest BCUT2D eigenvalue weighted by Gasteiger charge is -2.36. The molecule has 0 bridgehead atoms. The van der Waals surface area contributed by atoms with E-state index in [1.54, 1.807) is 0 Å². The molecule has 0 aromatic heterocycles. The summed E-state index contributed by atoms with van der Waals surface area (Å²) in [6.07, 6.45) is 0. The summed E-state index contributed by atoms with van der Waals surface area (Å²) in [5, 5.41) is 3.88. The Morgan fingerprint density at radius 3 is 2.93 bits per heavy atom. The molecule has 15 heavy (non-hydrogen) atoms. The van der Waals surface area contributed by atoms with Gasteiger partial charge in [-0.05, 0) is 17.7 Å². The highest BCUT2D eigenvalue weighted by Crippen LogP contribution is 2.31. The maximum absolute atomic E-state index is 11.4. The molecule has 0 aliphatic carbocycles. The van der Waals surface area contributed by atoms with Crippen LogP contribution in [0.2, 0.25) is 5.02 Å². The van der Waals surface area contributed by atoms with Crippen LogP contribution in [0.3, 0.4) is 0 Å². The highest BCUT2D eigenvalue weighted by atomic mass is 35.5. The molecule has 0 radical (unpaired) electrons. The number of carbonyl (C=O) groups excluding carboxylic acids is 1. The lowest BCUT2D eigenvalue weighted by Crippen LogP contribution is -2.50. The maximum atomic E-state index is 11.4. The Balaban J connectivity index is 2.15. The molecule has 2 unspecified atom stereocenters. The molecule has 1 saturated heterocycles. The minimum absolute atomic E-state index is 0.0381. The van der Waals surface area contributed by atoms with Crippen LogP contribution in [-0.2, 0) is 9.53 Å². The summed E-state index contributed by atoms with van der Waals surface area (Å²) in [4.78, 5) is 11.4. The minimum atomic E-state index is -0.168. The third-order valence-electron chi connectivity index (χ3n) is 2.67. The van der Waals surface area contributed by atoms with Gasteiger partial charge < -0.3 is 10.1 Å². The Morgan fingerprint density at radius 2 is 2.40 bits per heavy atom. The number of methoxy groups -OCH3 is 1. The number of esters is 1. The Bertz CT molecular complexity index is 381. The summed E-state index contributed by atoms with van der Waals surface area (Å²) in [7, 11) is 1.41. The van der Waals surface area contributed by atoms with Crippen LogP contribution in [0, 0.1) is 5.92 Å². The molecule has 1 aliphatic heterocycles. The second-order valence-corrected chi connectivity index (χ2v) is 4.01. The second kappa shape index (κ2) is 4.21. The van der Waals surface area contributed by atoms with E-state index in [4.69, 9.17) is 16.3 Å². The van der Waals surface area contributed by atoms with Crippen molar-refractivity contribution in [1.29, 1.82) is 0 Å². The predicted molar refractivity (Wildman–Crippen MR) is 57.7 cm³/mol. The average molecular weight is 226 g/mol. The van der Waals surface area contributed by atoms with Gasteiger partial charge in [0.05, 0.1) is 13.0 Å². The molecule has 0 amide bonds. The van der Waals surface area contributed by atoms with Gasteiger partial charge in [0, 0.05) is 17.6 Å². The van der Waals surface area contributed by atoms with Crippen LogP contribution in [0.25, 0.3) is 0 Å². The number of hydrogen-bond donors (Lipinski definition) is 1. The number of ether oxygens (including phenoxy) is 1. The smallest absolute Gasteiger partial charge is 0.311 e. The van der Waals surface area contributed by atoms with Crippen molar-refractivity contribution < 1.29 is 9.53 Å². The third-order valence-corrected chi connectivity index (χ3v) is 2.91. The van der Waals surface area contributed by atoms with Gasteiger partial charge in [-0.2, -0.15) is 0 Å². The van der Waals surface area contributed by atoms with Gasteiger partial charge >= 0.3 is 5.97 Å². The number of halogens is 1. The van der Waals surface area contributed by atoms with E-state index in [1.165, 1.54) is 7.11 Å². The largest absolute Gasteiger partial charge is 0.469 e. The summed E-state index contributed by atoms with van der Waals surface area (Å²) in [6.45, 7) is 0.670. The van der Waals surface area contributed by atoms with Crippen LogP contribution in [0.5, 0.6) is 0 Å². The Kier molecular flexibility index (Phi) is 2.93. The lowest BCUT2D eigenvalue weighted by molar-refractivity contribution is -0.149. The van der Waals surface area contributed by atoms with E-state index in [0.29, 0.717) is 11.6 Å². The summed E-state index contributed by atoms with van der Waals surface area (Å²) in [6, 6.07) is 7.56. The van der Waals surface area contributed by atoms with Crippen LogP contribution in [0.15, 0.2) is 24.3 Å².